The van der Waals surface area contributed by atoms with Gasteiger partial charge in [0.15, 0.2) is 0 Å². The van der Waals surface area contributed by atoms with Crippen molar-refractivity contribution in [2.45, 2.75) is 33.7 Å². The fraction of sp³-hybridized carbons (Fsp3) is 0.316. The smallest absolute Gasteiger partial charge is 0.263 e. The third-order valence-electron chi connectivity index (χ3n) is 4.44. The van der Waals surface area contributed by atoms with Gasteiger partial charge in [-0.15, -0.1) is 11.3 Å². The molecule has 7 heteroatoms. The first-order valence-corrected chi connectivity index (χ1v) is 9.14. The fourth-order valence-electron chi connectivity index (χ4n) is 3.07. The van der Waals surface area contributed by atoms with Crippen LogP contribution < -0.4 is 5.32 Å². The van der Waals surface area contributed by atoms with E-state index in [9.17, 15) is 9.18 Å². The van der Waals surface area contributed by atoms with Crippen LogP contribution in [-0.4, -0.2) is 20.7 Å². The number of nitrogens with zero attached hydrogens (tertiary/aromatic N) is 3. The maximum Gasteiger partial charge on any atom is 0.263 e. The molecule has 136 valence electrons. The second kappa shape index (κ2) is 6.99. The lowest BCUT2D eigenvalue weighted by Gasteiger charge is -2.14. The van der Waals surface area contributed by atoms with E-state index in [1.807, 2.05) is 39.4 Å². The average molecular weight is 372 g/mol. The van der Waals surface area contributed by atoms with Crippen molar-refractivity contribution in [3.63, 3.8) is 0 Å². The maximum atomic E-state index is 13.1. The summed E-state index contributed by atoms with van der Waals surface area (Å²) in [5.74, 6) is -0.459. The number of amides is 1. The standard InChI is InChI=1S/C19H21FN4OS/c1-10(16-11(2)23-24(5)13(16)4)21-18(25)17-12(3)22-19(26-17)14-6-8-15(20)9-7-14/h6-10H,1-5H3,(H,21,25). The number of thiazole rings is 1. The number of rotatable bonds is 4. The average Bonchev–Trinajstić information content (AvgIpc) is 3.08. The number of halogens is 1. The molecule has 0 bridgehead atoms. The largest absolute Gasteiger partial charge is 0.345 e. The van der Waals surface area contributed by atoms with E-state index in [-0.39, 0.29) is 17.8 Å². The molecule has 2 aromatic heterocycles. The molecule has 0 aliphatic rings. The number of hydrogen-bond donors (Lipinski definition) is 1. The van der Waals surface area contributed by atoms with Crippen LogP contribution in [0.15, 0.2) is 24.3 Å². The Bertz CT molecular complexity index is 959. The molecule has 0 fully saturated rings. The third-order valence-corrected chi connectivity index (χ3v) is 5.64. The molecule has 0 aliphatic heterocycles. The highest BCUT2D eigenvalue weighted by Gasteiger charge is 2.22. The molecule has 0 saturated heterocycles. The predicted molar refractivity (Wildman–Crippen MR) is 101 cm³/mol. The highest BCUT2D eigenvalue weighted by atomic mass is 32.1. The monoisotopic (exact) mass is 372 g/mol. The van der Waals surface area contributed by atoms with Crippen molar-refractivity contribution >= 4 is 17.2 Å². The molecule has 1 unspecified atom stereocenters. The first kappa shape index (κ1) is 18.3. The molecule has 3 rings (SSSR count). The minimum atomic E-state index is -0.295. The third kappa shape index (κ3) is 3.39. The molecule has 3 aromatic rings. The van der Waals surface area contributed by atoms with E-state index in [1.165, 1.54) is 23.5 Å². The van der Waals surface area contributed by atoms with Crippen LogP contribution in [-0.2, 0) is 7.05 Å². The zero-order valence-electron chi connectivity index (χ0n) is 15.4. The van der Waals surface area contributed by atoms with Gasteiger partial charge in [-0.25, -0.2) is 9.37 Å². The number of aryl methyl sites for hydroxylation is 3. The molecule has 5 nitrogen and oxygen atoms in total. The summed E-state index contributed by atoms with van der Waals surface area (Å²) in [6.07, 6.45) is 0. The summed E-state index contributed by atoms with van der Waals surface area (Å²) in [4.78, 5) is 17.8. The molecule has 1 amide bonds. The van der Waals surface area contributed by atoms with Crippen molar-refractivity contribution in [2.24, 2.45) is 7.05 Å². The van der Waals surface area contributed by atoms with Crippen LogP contribution in [0.4, 0.5) is 4.39 Å². The summed E-state index contributed by atoms with van der Waals surface area (Å²) in [6.45, 7) is 7.69. The molecule has 26 heavy (non-hydrogen) atoms. The van der Waals surface area contributed by atoms with Gasteiger partial charge in [-0.2, -0.15) is 5.10 Å². The van der Waals surface area contributed by atoms with Gasteiger partial charge in [0.05, 0.1) is 17.4 Å². The van der Waals surface area contributed by atoms with E-state index < -0.39 is 0 Å². The Morgan fingerprint density at radius 1 is 1.19 bits per heavy atom. The summed E-state index contributed by atoms with van der Waals surface area (Å²) in [5.41, 5.74) is 4.43. The summed E-state index contributed by atoms with van der Waals surface area (Å²) in [7, 11) is 1.89. The lowest BCUT2D eigenvalue weighted by molar-refractivity contribution is 0.0943. The molecule has 0 spiro atoms. The zero-order chi connectivity index (χ0) is 19.0. The normalized spacial score (nSPS) is 12.2. The fourth-order valence-corrected chi connectivity index (χ4v) is 4.05. The van der Waals surface area contributed by atoms with Gasteiger partial charge in [0, 0.05) is 23.9 Å². The van der Waals surface area contributed by atoms with Gasteiger partial charge in [0.25, 0.3) is 5.91 Å². The number of hydrogen-bond acceptors (Lipinski definition) is 4. The Morgan fingerprint density at radius 2 is 1.85 bits per heavy atom. The van der Waals surface area contributed by atoms with Crippen molar-refractivity contribution in [3.8, 4) is 10.6 Å². The van der Waals surface area contributed by atoms with Crippen LogP contribution in [0.5, 0.6) is 0 Å². The highest BCUT2D eigenvalue weighted by Crippen LogP contribution is 2.29. The van der Waals surface area contributed by atoms with Gasteiger partial charge < -0.3 is 5.32 Å². The second-order valence-electron chi connectivity index (χ2n) is 6.34. The van der Waals surface area contributed by atoms with Gasteiger partial charge in [0.2, 0.25) is 0 Å². The van der Waals surface area contributed by atoms with Crippen molar-refractivity contribution < 1.29 is 9.18 Å². The van der Waals surface area contributed by atoms with Crippen molar-refractivity contribution in [2.75, 3.05) is 0 Å². The van der Waals surface area contributed by atoms with Crippen LogP contribution in [0.3, 0.4) is 0 Å². The summed E-state index contributed by atoms with van der Waals surface area (Å²) in [5, 5.41) is 8.15. The van der Waals surface area contributed by atoms with E-state index in [0.717, 1.165) is 22.5 Å². The minimum absolute atomic E-state index is 0.160. The zero-order valence-corrected chi connectivity index (χ0v) is 16.2. The highest BCUT2D eigenvalue weighted by molar-refractivity contribution is 7.17. The summed E-state index contributed by atoms with van der Waals surface area (Å²) in [6, 6.07) is 5.96. The number of nitrogens with one attached hydrogen (secondary N) is 1. The molecule has 1 atom stereocenters. The number of carbonyl (C=O) groups is 1. The molecule has 0 aliphatic carbocycles. The number of carbonyl (C=O) groups excluding carboxylic acids is 1. The predicted octanol–water partition coefficient (Wildman–Crippen LogP) is 4.10. The van der Waals surface area contributed by atoms with Gasteiger partial charge in [-0.05, 0) is 52.0 Å². The quantitative estimate of drug-likeness (QED) is 0.750. The van der Waals surface area contributed by atoms with Gasteiger partial charge in [0.1, 0.15) is 15.7 Å². The van der Waals surface area contributed by atoms with E-state index in [4.69, 9.17) is 0 Å². The molecule has 0 radical (unpaired) electrons. The Morgan fingerprint density at radius 3 is 2.42 bits per heavy atom. The Hall–Kier alpha value is -2.54. The second-order valence-corrected chi connectivity index (χ2v) is 7.34. The minimum Gasteiger partial charge on any atom is -0.345 e. The van der Waals surface area contributed by atoms with Crippen molar-refractivity contribution in [1.29, 1.82) is 0 Å². The van der Waals surface area contributed by atoms with Crippen LogP contribution in [0.25, 0.3) is 10.6 Å². The Balaban J connectivity index is 1.83. The first-order valence-electron chi connectivity index (χ1n) is 8.32. The van der Waals surface area contributed by atoms with Gasteiger partial charge in [-0.1, -0.05) is 0 Å². The molecule has 2 heterocycles. The molecule has 1 N–H and O–H groups in total. The Kier molecular flexibility index (Phi) is 4.91. The first-order chi connectivity index (χ1) is 12.3. The van der Waals surface area contributed by atoms with Crippen LogP contribution in [0.1, 0.15) is 45.3 Å². The van der Waals surface area contributed by atoms with Gasteiger partial charge in [-0.3, -0.25) is 9.48 Å². The van der Waals surface area contributed by atoms with Gasteiger partial charge >= 0.3 is 0 Å². The lowest BCUT2D eigenvalue weighted by atomic mass is 10.1. The molecular weight excluding hydrogens is 351 g/mol. The summed E-state index contributed by atoms with van der Waals surface area (Å²) < 4.78 is 14.9. The van der Waals surface area contributed by atoms with Crippen LogP contribution >= 0.6 is 11.3 Å². The number of aromatic nitrogens is 3. The van der Waals surface area contributed by atoms with Crippen molar-refractivity contribution in [1.82, 2.24) is 20.1 Å². The van der Waals surface area contributed by atoms with Crippen molar-refractivity contribution in [3.05, 3.63) is 57.6 Å². The van der Waals surface area contributed by atoms with E-state index in [2.05, 4.69) is 15.4 Å². The lowest BCUT2D eigenvalue weighted by Crippen LogP contribution is -2.27. The molecule has 1 aromatic carbocycles. The topological polar surface area (TPSA) is 59.8 Å². The maximum absolute atomic E-state index is 13.1. The van der Waals surface area contributed by atoms with Crippen LogP contribution in [0.2, 0.25) is 0 Å². The Labute approximate surface area is 155 Å². The number of benzene rings is 1. The molecule has 0 saturated carbocycles. The summed E-state index contributed by atoms with van der Waals surface area (Å²) >= 11 is 1.31. The van der Waals surface area contributed by atoms with E-state index >= 15 is 0 Å². The SMILES string of the molecule is Cc1nc(-c2ccc(F)cc2)sc1C(=O)NC(C)c1c(C)nn(C)c1C. The van der Waals surface area contributed by atoms with E-state index in [0.29, 0.717) is 15.6 Å². The van der Waals surface area contributed by atoms with E-state index in [1.54, 1.807) is 12.1 Å². The van der Waals surface area contributed by atoms with Crippen LogP contribution in [0, 0.1) is 26.6 Å². The molecular formula is C19H21FN4OS.